The molecular formula is C10H8O5. The Morgan fingerprint density at radius 3 is 2.40 bits per heavy atom. The summed E-state index contributed by atoms with van der Waals surface area (Å²) in [4.78, 5) is 21.5. The van der Waals surface area contributed by atoms with Crippen LogP contribution in [0.3, 0.4) is 0 Å². The Hall–Kier alpha value is -2.04. The van der Waals surface area contributed by atoms with Gasteiger partial charge in [-0.1, -0.05) is 0 Å². The van der Waals surface area contributed by atoms with Crippen LogP contribution < -0.4 is 9.47 Å². The number of carbonyl (C=O) groups is 2. The summed E-state index contributed by atoms with van der Waals surface area (Å²) < 4.78 is 10.4. The van der Waals surface area contributed by atoms with E-state index >= 15 is 0 Å². The lowest BCUT2D eigenvalue weighted by molar-refractivity contribution is 0.0692. The molecular weight excluding hydrogens is 200 g/mol. The van der Waals surface area contributed by atoms with Crippen LogP contribution in [0.25, 0.3) is 0 Å². The average molecular weight is 208 g/mol. The third-order valence-corrected chi connectivity index (χ3v) is 2.07. The van der Waals surface area contributed by atoms with Gasteiger partial charge in [0.15, 0.2) is 17.8 Å². The van der Waals surface area contributed by atoms with E-state index in [4.69, 9.17) is 14.6 Å². The molecule has 1 N–H and O–H groups in total. The number of carboxylic acid groups (broad SMARTS) is 1. The molecule has 0 atom stereocenters. The molecule has 0 unspecified atom stereocenters. The first-order chi connectivity index (χ1) is 7.22. The Morgan fingerprint density at radius 1 is 1.27 bits per heavy atom. The molecule has 0 saturated carbocycles. The predicted octanol–water partition coefficient (Wildman–Crippen LogP) is 0.968. The maximum Gasteiger partial charge on any atom is 0.336 e. The summed E-state index contributed by atoms with van der Waals surface area (Å²) in [5.41, 5.74) is 0.0148. The largest absolute Gasteiger partial charge is 0.486 e. The van der Waals surface area contributed by atoms with Gasteiger partial charge in [0.1, 0.15) is 13.2 Å². The van der Waals surface area contributed by atoms with Gasteiger partial charge in [-0.05, 0) is 12.1 Å². The van der Waals surface area contributed by atoms with Gasteiger partial charge in [0.05, 0.1) is 5.56 Å². The molecule has 0 fully saturated rings. The van der Waals surface area contributed by atoms with Gasteiger partial charge < -0.3 is 14.6 Å². The fourth-order valence-electron chi connectivity index (χ4n) is 1.39. The van der Waals surface area contributed by atoms with Crippen molar-refractivity contribution in [3.8, 4) is 11.5 Å². The maximum absolute atomic E-state index is 10.8. The highest BCUT2D eigenvalue weighted by molar-refractivity contribution is 5.98. The van der Waals surface area contributed by atoms with E-state index in [0.717, 1.165) is 0 Å². The van der Waals surface area contributed by atoms with Crippen molar-refractivity contribution in [1.29, 1.82) is 0 Å². The summed E-state index contributed by atoms with van der Waals surface area (Å²) in [5.74, 6) is -0.383. The van der Waals surface area contributed by atoms with Gasteiger partial charge in [-0.25, -0.2) is 4.79 Å². The minimum Gasteiger partial charge on any atom is -0.486 e. The van der Waals surface area contributed by atoms with Crippen molar-refractivity contribution in [3.63, 3.8) is 0 Å². The van der Waals surface area contributed by atoms with Gasteiger partial charge in [0, 0.05) is 5.56 Å². The van der Waals surface area contributed by atoms with E-state index in [-0.39, 0.29) is 11.1 Å². The monoisotopic (exact) mass is 208 g/mol. The molecule has 78 valence electrons. The predicted molar refractivity (Wildman–Crippen MR) is 49.8 cm³/mol. The fraction of sp³-hybridized carbons (Fsp3) is 0.200. The first-order valence-corrected chi connectivity index (χ1v) is 4.34. The molecule has 1 heterocycles. The number of carbonyl (C=O) groups excluding carboxylic acids is 1. The lowest BCUT2D eigenvalue weighted by Crippen LogP contribution is -2.16. The third kappa shape index (κ3) is 1.63. The number of rotatable bonds is 2. The van der Waals surface area contributed by atoms with Crippen molar-refractivity contribution in [3.05, 3.63) is 23.3 Å². The van der Waals surface area contributed by atoms with Crippen LogP contribution in [0.5, 0.6) is 11.5 Å². The Kier molecular flexibility index (Phi) is 2.29. The Morgan fingerprint density at radius 2 is 1.87 bits per heavy atom. The van der Waals surface area contributed by atoms with Crippen molar-refractivity contribution in [2.24, 2.45) is 0 Å². The first-order valence-electron chi connectivity index (χ1n) is 4.34. The van der Waals surface area contributed by atoms with Crippen LogP contribution in [-0.2, 0) is 0 Å². The average Bonchev–Trinajstić information content (AvgIpc) is 2.27. The van der Waals surface area contributed by atoms with Crippen molar-refractivity contribution in [1.82, 2.24) is 0 Å². The van der Waals surface area contributed by atoms with E-state index < -0.39 is 5.97 Å². The minimum atomic E-state index is -1.16. The van der Waals surface area contributed by atoms with Gasteiger partial charge in [-0.15, -0.1) is 0 Å². The highest BCUT2D eigenvalue weighted by Gasteiger charge is 2.18. The number of aldehydes is 1. The highest BCUT2D eigenvalue weighted by Crippen LogP contribution is 2.32. The van der Waals surface area contributed by atoms with Gasteiger partial charge in [0.2, 0.25) is 0 Å². The first kappa shape index (κ1) is 9.51. The van der Waals surface area contributed by atoms with Crippen LogP contribution in [-0.4, -0.2) is 30.6 Å². The zero-order valence-corrected chi connectivity index (χ0v) is 7.73. The summed E-state index contributed by atoms with van der Waals surface area (Å²) >= 11 is 0. The molecule has 1 aromatic rings. The summed E-state index contributed by atoms with van der Waals surface area (Å²) in [6, 6.07) is 2.69. The topological polar surface area (TPSA) is 72.8 Å². The Labute approximate surface area is 85.2 Å². The quantitative estimate of drug-likeness (QED) is 0.733. The van der Waals surface area contributed by atoms with Crippen molar-refractivity contribution < 1.29 is 24.2 Å². The number of ether oxygens (including phenoxy) is 2. The lowest BCUT2D eigenvalue weighted by atomic mass is 10.1. The normalized spacial score (nSPS) is 13.3. The molecule has 1 aliphatic rings. The zero-order chi connectivity index (χ0) is 10.8. The van der Waals surface area contributed by atoms with E-state index in [1.807, 2.05) is 0 Å². The Balaban J connectivity index is 2.56. The third-order valence-electron chi connectivity index (χ3n) is 2.07. The number of hydrogen-bond donors (Lipinski definition) is 1. The summed E-state index contributed by atoms with van der Waals surface area (Å²) in [6.07, 6.45) is 0.488. The fourth-order valence-corrected chi connectivity index (χ4v) is 1.39. The number of hydrogen-bond acceptors (Lipinski definition) is 4. The lowest BCUT2D eigenvalue weighted by Gasteiger charge is -2.19. The molecule has 0 spiro atoms. The molecule has 5 nitrogen and oxygen atoms in total. The smallest absolute Gasteiger partial charge is 0.336 e. The summed E-state index contributed by atoms with van der Waals surface area (Å²) in [5, 5.41) is 8.84. The van der Waals surface area contributed by atoms with Crippen LogP contribution in [0.1, 0.15) is 20.7 Å². The zero-order valence-electron chi connectivity index (χ0n) is 7.73. The van der Waals surface area contributed by atoms with Crippen LogP contribution in [0, 0.1) is 0 Å². The van der Waals surface area contributed by atoms with Crippen LogP contribution in [0.15, 0.2) is 12.1 Å². The number of fused-ring (bicyclic) bond motifs is 1. The van der Waals surface area contributed by atoms with Gasteiger partial charge in [0.25, 0.3) is 0 Å². The van der Waals surface area contributed by atoms with Gasteiger partial charge in [-0.2, -0.15) is 0 Å². The molecule has 0 amide bonds. The maximum atomic E-state index is 10.8. The molecule has 1 aliphatic heterocycles. The van der Waals surface area contributed by atoms with Crippen LogP contribution in [0.4, 0.5) is 0 Å². The highest BCUT2D eigenvalue weighted by atomic mass is 16.6. The van der Waals surface area contributed by atoms with E-state index in [9.17, 15) is 9.59 Å². The van der Waals surface area contributed by atoms with Crippen LogP contribution >= 0.6 is 0 Å². The molecule has 0 saturated heterocycles. The van der Waals surface area contributed by atoms with E-state index in [2.05, 4.69) is 0 Å². The SMILES string of the molecule is O=Cc1cc2c(cc1C(=O)O)OCCO2. The molecule has 0 aliphatic carbocycles. The van der Waals surface area contributed by atoms with Crippen molar-refractivity contribution in [2.45, 2.75) is 0 Å². The number of aromatic carboxylic acids is 1. The molecule has 2 rings (SSSR count). The number of carboxylic acids is 1. The van der Waals surface area contributed by atoms with Gasteiger partial charge in [-0.3, -0.25) is 4.79 Å². The number of benzene rings is 1. The second kappa shape index (κ2) is 3.61. The molecule has 15 heavy (non-hydrogen) atoms. The second-order valence-electron chi connectivity index (χ2n) is 3.01. The van der Waals surface area contributed by atoms with Crippen molar-refractivity contribution in [2.75, 3.05) is 13.2 Å². The van der Waals surface area contributed by atoms with E-state index in [1.165, 1.54) is 12.1 Å². The molecule has 0 bridgehead atoms. The van der Waals surface area contributed by atoms with Crippen molar-refractivity contribution >= 4 is 12.3 Å². The molecule has 0 radical (unpaired) electrons. The van der Waals surface area contributed by atoms with E-state index in [0.29, 0.717) is 31.0 Å². The standard InChI is InChI=1S/C10H8O5/c11-5-6-3-8-9(15-2-1-14-8)4-7(6)10(12)13/h3-5H,1-2H2,(H,12,13). The summed E-state index contributed by atoms with van der Waals surface area (Å²) in [6.45, 7) is 0.782. The Bertz CT molecular complexity index is 424. The second-order valence-corrected chi connectivity index (χ2v) is 3.01. The summed E-state index contributed by atoms with van der Waals surface area (Å²) in [7, 11) is 0. The minimum absolute atomic E-state index is 0.0748. The molecule has 0 aromatic heterocycles. The molecule has 5 heteroatoms. The van der Waals surface area contributed by atoms with Crippen LogP contribution in [0.2, 0.25) is 0 Å². The molecule has 1 aromatic carbocycles. The van der Waals surface area contributed by atoms with E-state index in [1.54, 1.807) is 0 Å². The van der Waals surface area contributed by atoms with Gasteiger partial charge >= 0.3 is 5.97 Å².